The van der Waals surface area contributed by atoms with Gasteiger partial charge in [-0.15, -0.1) is 0 Å². The van der Waals surface area contributed by atoms with Gasteiger partial charge in [-0.25, -0.2) is 4.39 Å². The van der Waals surface area contributed by atoms with Crippen LogP contribution in [0.5, 0.6) is 0 Å². The summed E-state index contributed by atoms with van der Waals surface area (Å²) in [4.78, 5) is 32.1. The predicted octanol–water partition coefficient (Wildman–Crippen LogP) is 3.38. The van der Waals surface area contributed by atoms with Gasteiger partial charge in [-0.1, -0.05) is 18.2 Å². The Hall–Kier alpha value is -3.45. The lowest BCUT2D eigenvalue weighted by atomic mass is 10.00. The second kappa shape index (κ2) is 8.59. The maximum atomic E-state index is 14.9. The van der Waals surface area contributed by atoms with Crippen molar-refractivity contribution in [2.24, 2.45) is 0 Å². The molecule has 2 aliphatic rings. The summed E-state index contributed by atoms with van der Waals surface area (Å²) in [6, 6.07) is 12.6. The number of aromatic nitrogens is 1. The number of carbonyl (C=O) groups is 1. The van der Waals surface area contributed by atoms with E-state index in [9.17, 15) is 14.0 Å². The molecule has 6 nitrogen and oxygen atoms in total. The molecule has 5 rings (SSSR count). The van der Waals surface area contributed by atoms with Crippen molar-refractivity contribution in [3.63, 3.8) is 0 Å². The quantitative estimate of drug-likeness (QED) is 0.663. The lowest BCUT2D eigenvalue weighted by Gasteiger charge is -2.29. The highest BCUT2D eigenvalue weighted by Crippen LogP contribution is 2.29. The third-order valence-corrected chi connectivity index (χ3v) is 6.21. The van der Waals surface area contributed by atoms with Crippen molar-refractivity contribution in [3.05, 3.63) is 70.9 Å². The van der Waals surface area contributed by atoms with Crippen LogP contribution < -0.4 is 20.5 Å². The second-order valence-corrected chi connectivity index (χ2v) is 8.21. The van der Waals surface area contributed by atoms with Crippen LogP contribution in [-0.4, -0.2) is 43.6 Å². The minimum atomic E-state index is -0.497. The standard InChI is InChI=1S/C25H25FN4O2/c26-22-14-18(6-7-23(22)30-10-2-5-24(30)31)21-16-28-15-20(25(21)32)17-3-1-4-19(13-17)29-11-8-27-9-12-29/h1,3-4,6-7,13-16,27H,2,5,8-12H2,(H,28,32). The zero-order valence-electron chi connectivity index (χ0n) is 17.7. The molecule has 164 valence electrons. The third kappa shape index (κ3) is 3.80. The van der Waals surface area contributed by atoms with Gasteiger partial charge < -0.3 is 20.1 Å². The van der Waals surface area contributed by atoms with Crippen molar-refractivity contribution in [1.82, 2.24) is 10.3 Å². The lowest BCUT2D eigenvalue weighted by Crippen LogP contribution is -2.43. The molecule has 2 N–H and O–H groups in total. The Morgan fingerprint density at radius 3 is 2.31 bits per heavy atom. The van der Waals surface area contributed by atoms with Gasteiger partial charge in [0.05, 0.1) is 5.69 Å². The zero-order valence-corrected chi connectivity index (χ0v) is 17.7. The Morgan fingerprint density at radius 1 is 0.875 bits per heavy atom. The van der Waals surface area contributed by atoms with Crippen LogP contribution in [0.1, 0.15) is 12.8 Å². The van der Waals surface area contributed by atoms with Gasteiger partial charge >= 0.3 is 0 Å². The molecule has 7 heteroatoms. The smallest absolute Gasteiger partial charge is 0.227 e. The number of nitrogens with zero attached hydrogens (tertiary/aromatic N) is 2. The van der Waals surface area contributed by atoms with Gasteiger partial charge in [0.1, 0.15) is 5.82 Å². The summed E-state index contributed by atoms with van der Waals surface area (Å²) < 4.78 is 14.9. The highest BCUT2D eigenvalue weighted by Gasteiger charge is 2.24. The van der Waals surface area contributed by atoms with E-state index in [1.165, 1.54) is 11.0 Å². The molecule has 1 amide bonds. The molecule has 0 saturated carbocycles. The number of H-pyrrole nitrogens is 1. The van der Waals surface area contributed by atoms with Crippen LogP contribution in [0.25, 0.3) is 22.3 Å². The van der Waals surface area contributed by atoms with Crippen LogP contribution in [0.4, 0.5) is 15.8 Å². The van der Waals surface area contributed by atoms with E-state index in [0.29, 0.717) is 29.7 Å². The molecule has 2 fully saturated rings. The maximum Gasteiger partial charge on any atom is 0.227 e. The fourth-order valence-electron chi connectivity index (χ4n) is 4.50. The number of rotatable bonds is 4. The molecular weight excluding hydrogens is 407 g/mol. The van der Waals surface area contributed by atoms with Crippen LogP contribution >= 0.6 is 0 Å². The molecule has 0 atom stereocenters. The number of benzene rings is 2. The van der Waals surface area contributed by atoms with Gasteiger partial charge in [0.2, 0.25) is 5.91 Å². The van der Waals surface area contributed by atoms with E-state index in [2.05, 4.69) is 21.3 Å². The fraction of sp³-hybridized carbons (Fsp3) is 0.280. The third-order valence-electron chi connectivity index (χ3n) is 6.21. The number of hydrogen-bond donors (Lipinski definition) is 2. The molecule has 3 heterocycles. The molecule has 2 aromatic carbocycles. The maximum absolute atomic E-state index is 14.9. The monoisotopic (exact) mass is 432 g/mol. The molecular formula is C25H25FN4O2. The van der Waals surface area contributed by atoms with Crippen molar-refractivity contribution < 1.29 is 9.18 Å². The number of halogens is 1. The first-order chi connectivity index (χ1) is 15.6. The number of nitrogens with one attached hydrogen (secondary N) is 2. The zero-order chi connectivity index (χ0) is 22.1. The number of piperazine rings is 1. The summed E-state index contributed by atoms with van der Waals surface area (Å²) in [6.45, 7) is 4.24. The van der Waals surface area contributed by atoms with Crippen LogP contribution in [0.2, 0.25) is 0 Å². The number of hydrogen-bond acceptors (Lipinski definition) is 4. The first-order valence-electron chi connectivity index (χ1n) is 11.0. The number of pyridine rings is 1. The first-order valence-corrected chi connectivity index (χ1v) is 11.0. The normalized spacial score (nSPS) is 16.6. The van der Waals surface area contributed by atoms with Crippen molar-refractivity contribution >= 4 is 17.3 Å². The van der Waals surface area contributed by atoms with E-state index in [4.69, 9.17) is 0 Å². The molecule has 0 radical (unpaired) electrons. The molecule has 2 aliphatic heterocycles. The number of amides is 1. The summed E-state index contributed by atoms with van der Waals surface area (Å²) in [7, 11) is 0. The second-order valence-electron chi connectivity index (χ2n) is 8.21. The SMILES string of the molecule is O=C1CCCN1c1ccc(-c2c[nH]cc(-c3cccc(N4CCNCC4)c3)c2=O)cc1F. The van der Waals surface area contributed by atoms with E-state index < -0.39 is 5.82 Å². The summed E-state index contributed by atoms with van der Waals surface area (Å²) in [5.74, 6) is -0.566. The fourth-order valence-corrected chi connectivity index (χ4v) is 4.50. The minimum Gasteiger partial charge on any atom is -0.369 e. The predicted molar refractivity (Wildman–Crippen MR) is 125 cm³/mol. The Kier molecular flexibility index (Phi) is 5.49. The van der Waals surface area contributed by atoms with E-state index in [-0.39, 0.29) is 17.0 Å². The first kappa shape index (κ1) is 20.5. The highest BCUT2D eigenvalue weighted by molar-refractivity contribution is 5.95. The molecule has 3 aromatic rings. The van der Waals surface area contributed by atoms with Crippen LogP contribution in [0.15, 0.2) is 59.7 Å². The Labute approximate surface area is 185 Å². The lowest BCUT2D eigenvalue weighted by molar-refractivity contribution is -0.117. The van der Waals surface area contributed by atoms with Crippen molar-refractivity contribution in [3.8, 4) is 22.3 Å². The van der Waals surface area contributed by atoms with E-state index in [0.717, 1.165) is 43.9 Å². The Balaban J connectivity index is 1.49. The number of anilines is 2. The molecule has 0 unspecified atom stereocenters. The van der Waals surface area contributed by atoms with Crippen molar-refractivity contribution in [2.45, 2.75) is 12.8 Å². The summed E-state index contributed by atoms with van der Waals surface area (Å²) in [5, 5.41) is 3.35. The van der Waals surface area contributed by atoms with Crippen LogP contribution in [0, 0.1) is 5.82 Å². The van der Waals surface area contributed by atoms with Crippen LogP contribution in [0.3, 0.4) is 0 Å². The molecule has 0 spiro atoms. The summed E-state index contributed by atoms with van der Waals surface area (Å²) in [6.07, 6.45) is 4.46. The van der Waals surface area contributed by atoms with Gasteiger partial charge in [0.15, 0.2) is 5.43 Å². The van der Waals surface area contributed by atoms with Gasteiger partial charge in [-0.2, -0.15) is 0 Å². The average Bonchev–Trinajstić information content (AvgIpc) is 3.25. The molecule has 0 bridgehead atoms. The van der Waals surface area contributed by atoms with Gasteiger partial charge in [-0.05, 0) is 41.8 Å². The summed E-state index contributed by atoms with van der Waals surface area (Å²) >= 11 is 0. The van der Waals surface area contributed by atoms with E-state index in [1.54, 1.807) is 24.5 Å². The average molecular weight is 432 g/mol. The Bertz CT molecular complexity index is 1220. The largest absolute Gasteiger partial charge is 0.369 e. The van der Waals surface area contributed by atoms with Gasteiger partial charge in [-0.3, -0.25) is 9.59 Å². The van der Waals surface area contributed by atoms with Crippen molar-refractivity contribution in [2.75, 3.05) is 42.5 Å². The molecule has 1 aromatic heterocycles. The summed E-state index contributed by atoms with van der Waals surface area (Å²) in [5.41, 5.74) is 3.44. The molecule has 0 aliphatic carbocycles. The minimum absolute atomic E-state index is 0.0686. The number of aromatic amines is 1. The number of carbonyl (C=O) groups excluding carboxylic acids is 1. The molecule has 2 saturated heterocycles. The highest BCUT2D eigenvalue weighted by atomic mass is 19.1. The van der Waals surface area contributed by atoms with Crippen molar-refractivity contribution in [1.29, 1.82) is 0 Å². The van der Waals surface area contributed by atoms with E-state index in [1.807, 2.05) is 18.2 Å². The van der Waals surface area contributed by atoms with E-state index >= 15 is 0 Å². The van der Waals surface area contributed by atoms with Gasteiger partial charge in [0.25, 0.3) is 0 Å². The Morgan fingerprint density at radius 2 is 1.62 bits per heavy atom. The van der Waals surface area contributed by atoms with Gasteiger partial charge in [0, 0.05) is 68.4 Å². The topological polar surface area (TPSA) is 68.4 Å². The molecule has 32 heavy (non-hydrogen) atoms. The van der Waals surface area contributed by atoms with Crippen LogP contribution in [-0.2, 0) is 4.79 Å².